The van der Waals surface area contributed by atoms with Gasteiger partial charge in [-0.1, -0.05) is 31.5 Å². The van der Waals surface area contributed by atoms with Crippen molar-refractivity contribution >= 4 is 11.6 Å². The average Bonchev–Trinajstić information content (AvgIpc) is 2.07. The van der Waals surface area contributed by atoms with Gasteiger partial charge >= 0.3 is 0 Å². The number of halogens is 1. The van der Waals surface area contributed by atoms with E-state index in [2.05, 4.69) is 18.4 Å². The Bertz CT molecular complexity index is 182. The molecule has 1 rings (SSSR count). The predicted molar refractivity (Wildman–Crippen MR) is 57.8 cm³/mol. The molecule has 1 aliphatic rings. The van der Waals surface area contributed by atoms with Gasteiger partial charge in [-0.3, -0.25) is 4.90 Å². The summed E-state index contributed by atoms with van der Waals surface area (Å²) in [5, 5.41) is 0.727. The molecule has 2 unspecified atom stereocenters. The van der Waals surface area contributed by atoms with E-state index in [1.54, 1.807) is 0 Å². The van der Waals surface area contributed by atoms with E-state index in [0.717, 1.165) is 37.5 Å². The van der Waals surface area contributed by atoms with Crippen molar-refractivity contribution in [3.8, 4) is 0 Å². The number of nitrogens with two attached hydrogens (primary N) is 1. The summed E-state index contributed by atoms with van der Waals surface area (Å²) in [6, 6.07) is 0.379. The second-order valence-corrected chi connectivity index (χ2v) is 4.41. The molecule has 0 amide bonds. The summed E-state index contributed by atoms with van der Waals surface area (Å²) in [5.74, 6) is 0.629. The number of nitrogens with zero attached hydrogens (tertiary/aromatic N) is 1. The van der Waals surface area contributed by atoms with Gasteiger partial charge in [0.25, 0.3) is 0 Å². The van der Waals surface area contributed by atoms with Gasteiger partial charge in [0.05, 0.1) is 0 Å². The average molecular weight is 203 g/mol. The Labute approximate surface area is 85.7 Å². The van der Waals surface area contributed by atoms with Crippen molar-refractivity contribution in [2.75, 3.05) is 19.6 Å². The highest BCUT2D eigenvalue weighted by molar-refractivity contribution is 6.29. The van der Waals surface area contributed by atoms with Crippen LogP contribution in [0.3, 0.4) is 0 Å². The molecule has 0 radical (unpaired) electrons. The van der Waals surface area contributed by atoms with E-state index in [0.29, 0.717) is 12.0 Å². The summed E-state index contributed by atoms with van der Waals surface area (Å²) in [6.07, 6.45) is 2.25. The van der Waals surface area contributed by atoms with Crippen LogP contribution in [0.25, 0.3) is 0 Å². The molecule has 2 nitrogen and oxygen atoms in total. The lowest BCUT2D eigenvalue weighted by Gasteiger charge is -2.36. The van der Waals surface area contributed by atoms with Gasteiger partial charge in [-0.05, 0) is 12.3 Å². The molecule has 2 atom stereocenters. The Balaban J connectivity index is 2.40. The van der Waals surface area contributed by atoms with E-state index in [1.807, 2.05) is 0 Å². The van der Waals surface area contributed by atoms with Gasteiger partial charge in [-0.25, -0.2) is 0 Å². The smallest absolute Gasteiger partial charge is 0.0335 e. The van der Waals surface area contributed by atoms with Gasteiger partial charge in [0, 0.05) is 30.7 Å². The zero-order valence-corrected chi connectivity index (χ0v) is 9.06. The van der Waals surface area contributed by atoms with Crippen LogP contribution in [-0.4, -0.2) is 30.6 Å². The van der Waals surface area contributed by atoms with Crippen molar-refractivity contribution in [3.63, 3.8) is 0 Å². The van der Waals surface area contributed by atoms with E-state index in [-0.39, 0.29) is 0 Å². The molecule has 0 spiro atoms. The maximum absolute atomic E-state index is 6.00. The molecule has 2 N–H and O–H groups in total. The molecular formula is C10H19ClN2. The summed E-state index contributed by atoms with van der Waals surface area (Å²) in [5.41, 5.74) is 6.00. The largest absolute Gasteiger partial charge is 0.327 e. The van der Waals surface area contributed by atoms with Gasteiger partial charge in [0.15, 0.2) is 0 Å². The third-order valence-corrected chi connectivity index (χ3v) is 2.92. The Kier molecular flexibility index (Phi) is 4.23. The van der Waals surface area contributed by atoms with Crippen LogP contribution in [0.4, 0.5) is 0 Å². The third kappa shape index (κ3) is 3.29. The molecular weight excluding hydrogens is 184 g/mol. The highest BCUT2D eigenvalue weighted by Gasteiger charge is 2.24. The maximum atomic E-state index is 6.00. The van der Waals surface area contributed by atoms with Crippen molar-refractivity contribution in [2.24, 2.45) is 11.7 Å². The second-order valence-electron chi connectivity index (χ2n) is 3.87. The minimum absolute atomic E-state index is 0.379. The van der Waals surface area contributed by atoms with Gasteiger partial charge in [0.2, 0.25) is 0 Å². The molecule has 0 aromatic rings. The van der Waals surface area contributed by atoms with Crippen LogP contribution in [0.1, 0.15) is 19.8 Å². The Hall–Kier alpha value is -0.0500. The van der Waals surface area contributed by atoms with E-state index < -0.39 is 0 Å². The minimum Gasteiger partial charge on any atom is -0.327 e. The highest BCUT2D eigenvalue weighted by Crippen LogP contribution is 2.19. The maximum Gasteiger partial charge on any atom is 0.0335 e. The molecule has 0 aliphatic carbocycles. The lowest BCUT2D eigenvalue weighted by atomic mass is 9.91. The van der Waals surface area contributed by atoms with Gasteiger partial charge in [-0.2, -0.15) is 0 Å². The van der Waals surface area contributed by atoms with Crippen molar-refractivity contribution in [1.29, 1.82) is 0 Å². The number of rotatable bonds is 3. The molecule has 76 valence electrons. The van der Waals surface area contributed by atoms with Crippen molar-refractivity contribution in [1.82, 2.24) is 4.90 Å². The fourth-order valence-corrected chi connectivity index (χ4v) is 2.11. The molecule has 1 heterocycles. The van der Waals surface area contributed by atoms with Crippen molar-refractivity contribution in [2.45, 2.75) is 25.8 Å². The van der Waals surface area contributed by atoms with Crippen molar-refractivity contribution < 1.29 is 0 Å². The first-order valence-electron chi connectivity index (χ1n) is 4.94. The Morgan fingerprint density at radius 3 is 2.92 bits per heavy atom. The predicted octanol–water partition coefficient (Wildman–Crippen LogP) is 1.80. The van der Waals surface area contributed by atoms with Crippen LogP contribution >= 0.6 is 11.6 Å². The summed E-state index contributed by atoms with van der Waals surface area (Å²) >= 11 is 5.77. The summed E-state index contributed by atoms with van der Waals surface area (Å²) < 4.78 is 0. The molecule has 0 aromatic heterocycles. The first kappa shape index (κ1) is 11.0. The third-order valence-electron chi connectivity index (χ3n) is 2.80. The molecule has 13 heavy (non-hydrogen) atoms. The zero-order chi connectivity index (χ0) is 9.84. The molecule has 3 heteroatoms. The topological polar surface area (TPSA) is 29.3 Å². The standard InChI is InChI=1S/C10H19ClN2/c1-3-9-7-13(6-8(2)11)5-4-10(9)12/h9-10H,2-7,12H2,1H3. The second kappa shape index (κ2) is 4.99. The number of hydrogen-bond acceptors (Lipinski definition) is 2. The lowest BCUT2D eigenvalue weighted by Crippen LogP contribution is -2.47. The monoisotopic (exact) mass is 202 g/mol. The van der Waals surface area contributed by atoms with Crippen LogP contribution in [0.2, 0.25) is 0 Å². The number of hydrogen-bond donors (Lipinski definition) is 1. The lowest BCUT2D eigenvalue weighted by molar-refractivity contribution is 0.165. The molecule has 0 saturated carbocycles. The van der Waals surface area contributed by atoms with Crippen LogP contribution in [-0.2, 0) is 0 Å². The first-order chi connectivity index (χ1) is 6.13. The van der Waals surface area contributed by atoms with Crippen LogP contribution in [0.5, 0.6) is 0 Å². The van der Waals surface area contributed by atoms with Crippen LogP contribution < -0.4 is 5.73 Å². The molecule has 1 aliphatic heterocycles. The van der Waals surface area contributed by atoms with Crippen molar-refractivity contribution in [3.05, 3.63) is 11.6 Å². The molecule has 0 bridgehead atoms. The molecule has 1 saturated heterocycles. The molecule has 0 aromatic carbocycles. The Morgan fingerprint density at radius 2 is 2.38 bits per heavy atom. The normalized spacial score (nSPS) is 30.4. The minimum atomic E-state index is 0.379. The number of piperidine rings is 1. The summed E-state index contributed by atoms with van der Waals surface area (Å²) in [4.78, 5) is 2.34. The number of likely N-dealkylation sites (tertiary alicyclic amines) is 1. The SMILES string of the molecule is C=C(Cl)CN1CCC(N)C(CC)C1. The van der Waals surface area contributed by atoms with Crippen LogP contribution in [0, 0.1) is 5.92 Å². The fourth-order valence-electron chi connectivity index (χ4n) is 1.94. The van der Waals surface area contributed by atoms with E-state index in [4.69, 9.17) is 17.3 Å². The van der Waals surface area contributed by atoms with Gasteiger partial charge in [-0.15, -0.1) is 0 Å². The highest BCUT2D eigenvalue weighted by atomic mass is 35.5. The van der Waals surface area contributed by atoms with Crippen LogP contribution in [0.15, 0.2) is 11.6 Å². The Morgan fingerprint density at radius 1 is 1.69 bits per heavy atom. The van der Waals surface area contributed by atoms with Gasteiger partial charge < -0.3 is 5.73 Å². The summed E-state index contributed by atoms with van der Waals surface area (Å²) in [6.45, 7) is 8.85. The van der Waals surface area contributed by atoms with E-state index >= 15 is 0 Å². The van der Waals surface area contributed by atoms with Gasteiger partial charge in [0.1, 0.15) is 0 Å². The quantitative estimate of drug-likeness (QED) is 0.757. The first-order valence-corrected chi connectivity index (χ1v) is 5.32. The van der Waals surface area contributed by atoms with E-state index in [1.165, 1.54) is 0 Å². The zero-order valence-electron chi connectivity index (χ0n) is 8.30. The fraction of sp³-hybridized carbons (Fsp3) is 0.800. The summed E-state index contributed by atoms with van der Waals surface area (Å²) in [7, 11) is 0. The van der Waals surface area contributed by atoms with E-state index in [9.17, 15) is 0 Å². The molecule has 1 fully saturated rings.